The molecule has 2 aromatic rings. The van der Waals surface area contributed by atoms with Crippen LogP contribution in [0.2, 0.25) is 0 Å². The number of aromatic hydroxyl groups is 1. The Kier molecular flexibility index (Phi) is 5.04. The Morgan fingerprint density at radius 2 is 2.15 bits per heavy atom. The van der Waals surface area contributed by atoms with Gasteiger partial charge in [0.1, 0.15) is 0 Å². The van der Waals surface area contributed by atoms with Crippen molar-refractivity contribution in [3.63, 3.8) is 0 Å². The van der Waals surface area contributed by atoms with Crippen LogP contribution in [-0.4, -0.2) is 12.2 Å². The van der Waals surface area contributed by atoms with Gasteiger partial charge in [-0.1, -0.05) is 19.1 Å². The van der Waals surface area contributed by atoms with Crippen LogP contribution in [0.3, 0.4) is 0 Å². The molecule has 1 aromatic heterocycles. The topological polar surface area (TPSA) is 41.5 Å². The molecular weight excluding hydrogens is 270 g/mol. The Labute approximate surface area is 124 Å². The third-order valence-corrected chi connectivity index (χ3v) is 4.44. The number of hydrogen-bond acceptors (Lipinski definition) is 4. The van der Waals surface area contributed by atoms with Crippen LogP contribution in [0.4, 0.5) is 0 Å². The maximum atomic E-state index is 9.65. The fourth-order valence-electron chi connectivity index (χ4n) is 2.25. The van der Waals surface area contributed by atoms with E-state index in [1.807, 2.05) is 12.1 Å². The van der Waals surface area contributed by atoms with Crippen molar-refractivity contribution < 1.29 is 9.84 Å². The molecular formula is C16H21NO2S. The third kappa shape index (κ3) is 3.32. The second kappa shape index (κ2) is 6.77. The van der Waals surface area contributed by atoms with Gasteiger partial charge in [-0.05, 0) is 42.5 Å². The lowest BCUT2D eigenvalue weighted by molar-refractivity contribution is 0.371. The van der Waals surface area contributed by atoms with Crippen molar-refractivity contribution in [3.8, 4) is 11.5 Å². The smallest absolute Gasteiger partial charge is 0.160 e. The van der Waals surface area contributed by atoms with Crippen LogP contribution in [0.15, 0.2) is 35.7 Å². The molecule has 0 aliphatic heterocycles. The lowest BCUT2D eigenvalue weighted by atomic mass is 10.1. The van der Waals surface area contributed by atoms with Crippen molar-refractivity contribution in [2.75, 3.05) is 7.11 Å². The number of methoxy groups -OCH3 is 1. The standard InChI is InChI=1S/C16H21NO2S/c1-4-13(16-6-5-9-20-16)17-11(2)12-7-8-14(18)15(10-12)19-3/h5-11,13,17-18H,4H2,1-3H3. The first-order valence-electron chi connectivity index (χ1n) is 6.82. The second-order valence-electron chi connectivity index (χ2n) is 4.80. The summed E-state index contributed by atoms with van der Waals surface area (Å²) in [5.41, 5.74) is 1.11. The monoisotopic (exact) mass is 291 g/mol. The van der Waals surface area contributed by atoms with Gasteiger partial charge in [-0.3, -0.25) is 0 Å². The average molecular weight is 291 g/mol. The van der Waals surface area contributed by atoms with Gasteiger partial charge in [0.05, 0.1) is 7.11 Å². The van der Waals surface area contributed by atoms with Crippen molar-refractivity contribution in [2.24, 2.45) is 0 Å². The molecule has 20 heavy (non-hydrogen) atoms. The summed E-state index contributed by atoms with van der Waals surface area (Å²) in [5, 5.41) is 15.4. The van der Waals surface area contributed by atoms with E-state index in [9.17, 15) is 5.11 Å². The number of rotatable bonds is 6. The van der Waals surface area contributed by atoms with Crippen LogP contribution in [0, 0.1) is 0 Å². The van der Waals surface area contributed by atoms with Crippen LogP contribution in [0.1, 0.15) is 42.8 Å². The van der Waals surface area contributed by atoms with Crippen LogP contribution >= 0.6 is 11.3 Å². The molecule has 1 heterocycles. The van der Waals surface area contributed by atoms with Gasteiger partial charge in [0, 0.05) is 17.0 Å². The third-order valence-electron chi connectivity index (χ3n) is 3.45. The predicted molar refractivity (Wildman–Crippen MR) is 83.6 cm³/mol. The quantitative estimate of drug-likeness (QED) is 0.835. The summed E-state index contributed by atoms with van der Waals surface area (Å²) >= 11 is 1.78. The van der Waals surface area contributed by atoms with Gasteiger partial charge in [0.25, 0.3) is 0 Å². The zero-order valence-corrected chi connectivity index (χ0v) is 12.9. The molecule has 0 spiro atoms. The zero-order valence-electron chi connectivity index (χ0n) is 12.1. The molecule has 3 nitrogen and oxygen atoms in total. The van der Waals surface area contributed by atoms with Gasteiger partial charge < -0.3 is 15.2 Å². The summed E-state index contributed by atoms with van der Waals surface area (Å²) in [5.74, 6) is 0.689. The minimum atomic E-state index is 0.175. The number of ether oxygens (including phenoxy) is 1. The van der Waals surface area contributed by atoms with E-state index >= 15 is 0 Å². The van der Waals surface area contributed by atoms with Gasteiger partial charge in [0.2, 0.25) is 0 Å². The molecule has 2 N–H and O–H groups in total. The summed E-state index contributed by atoms with van der Waals surface area (Å²) < 4.78 is 5.16. The fourth-order valence-corrected chi connectivity index (χ4v) is 3.12. The summed E-state index contributed by atoms with van der Waals surface area (Å²) in [6.07, 6.45) is 1.04. The molecule has 0 aliphatic carbocycles. The Morgan fingerprint density at radius 3 is 2.75 bits per heavy atom. The average Bonchev–Trinajstić information content (AvgIpc) is 2.99. The largest absolute Gasteiger partial charge is 0.504 e. The maximum absolute atomic E-state index is 9.65. The SMILES string of the molecule is CCC(NC(C)c1ccc(O)c(OC)c1)c1cccs1. The Hall–Kier alpha value is -1.52. The molecule has 0 aliphatic rings. The molecule has 108 valence electrons. The van der Waals surface area contributed by atoms with Crippen molar-refractivity contribution >= 4 is 11.3 Å². The molecule has 0 radical (unpaired) electrons. The van der Waals surface area contributed by atoms with Gasteiger partial charge in [-0.25, -0.2) is 0 Å². The van der Waals surface area contributed by atoms with E-state index < -0.39 is 0 Å². The summed E-state index contributed by atoms with van der Waals surface area (Å²) in [4.78, 5) is 1.35. The summed E-state index contributed by atoms with van der Waals surface area (Å²) in [6.45, 7) is 4.31. The lowest BCUT2D eigenvalue weighted by Gasteiger charge is -2.22. The van der Waals surface area contributed by atoms with Crippen LogP contribution in [0.5, 0.6) is 11.5 Å². The minimum absolute atomic E-state index is 0.175. The summed E-state index contributed by atoms with van der Waals surface area (Å²) in [7, 11) is 1.57. The highest BCUT2D eigenvalue weighted by molar-refractivity contribution is 7.10. The Morgan fingerprint density at radius 1 is 1.35 bits per heavy atom. The highest BCUT2D eigenvalue weighted by Gasteiger charge is 2.15. The zero-order chi connectivity index (χ0) is 14.5. The number of hydrogen-bond donors (Lipinski definition) is 2. The van der Waals surface area contributed by atoms with Gasteiger partial charge >= 0.3 is 0 Å². The van der Waals surface area contributed by atoms with E-state index in [1.54, 1.807) is 24.5 Å². The molecule has 2 unspecified atom stereocenters. The number of phenols is 1. The van der Waals surface area contributed by atoms with Crippen LogP contribution in [0.25, 0.3) is 0 Å². The van der Waals surface area contributed by atoms with Gasteiger partial charge in [-0.2, -0.15) is 0 Å². The van der Waals surface area contributed by atoms with Crippen molar-refractivity contribution in [2.45, 2.75) is 32.4 Å². The first kappa shape index (κ1) is 14.9. The number of phenolic OH excluding ortho intramolecular Hbond substituents is 1. The first-order valence-corrected chi connectivity index (χ1v) is 7.70. The normalized spacial score (nSPS) is 13.9. The predicted octanol–water partition coefficient (Wildman–Crippen LogP) is 4.26. The van der Waals surface area contributed by atoms with E-state index in [2.05, 4.69) is 36.7 Å². The van der Waals surface area contributed by atoms with E-state index in [0.29, 0.717) is 11.8 Å². The minimum Gasteiger partial charge on any atom is -0.504 e. The molecule has 0 fully saturated rings. The van der Waals surface area contributed by atoms with Crippen molar-refractivity contribution in [3.05, 3.63) is 46.2 Å². The van der Waals surface area contributed by atoms with E-state index in [0.717, 1.165) is 12.0 Å². The van der Waals surface area contributed by atoms with Gasteiger partial charge in [-0.15, -0.1) is 11.3 Å². The molecule has 0 saturated carbocycles. The summed E-state index contributed by atoms with van der Waals surface area (Å²) in [6, 6.07) is 10.3. The van der Waals surface area contributed by atoms with Crippen LogP contribution in [-0.2, 0) is 0 Å². The lowest BCUT2D eigenvalue weighted by Crippen LogP contribution is -2.23. The second-order valence-corrected chi connectivity index (χ2v) is 5.78. The molecule has 0 saturated heterocycles. The number of nitrogens with one attached hydrogen (secondary N) is 1. The highest BCUT2D eigenvalue weighted by atomic mass is 32.1. The molecule has 1 aromatic carbocycles. The van der Waals surface area contributed by atoms with E-state index in [-0.39, 0.29) is 11.8 Å². The molecule has 2 atom stereocenters. The van der Waals surface area contributed by atoms with E-state index in [1.165, 1.54) is 4.88 Å². The van der Waals surface area contributed by atoms with Crippen molar-refractivity contribution in [1.29, 1.82) is 0 Å². The van der Waals surface area contributed by atoms with Crippen molar-refractivity contribution in [1.82, 2.24) is 5.32 Å². The number of thiophene rings is 1. The Balaban J connectivity index is 2.13. The molecule has 4 heteroatoms. The molecule has 2 rings (SSSR count). The fraction of sp³-hybridized carbons (Fsp3) is 0.375. The van der Waals surface area contributed by atoms with Crippen LogP contribution < -0.4 is 10.1 Å². The maximum Gasteiger partial charge on any atom is 0.160 e. The highest BCUT2D eigenvalue weighted by Crippen LogP contribution is 2.31. The van der Waals surface area contributed by atoms with E-state index in [4.69, 9.17) is 4.74 Å². The molecule has 0 amide bonds. The molecule has 0 bridgehead atoms. The number of benzene rings is 1. The Bertz CT molecular complexity index is 539. The van der Waals surface area contributed by atoms with Gasteiger partial charge in [0.15, 0.2) is 11.5 Å². The first-order chi connectivity index (χ1) is 9.65.